The number of hydrogen-bond acceptors (Lipinski definition) is 6. The fourth-order valence-corrected chi connectivity index (χ4v) is 6.54. The van der Waals surface area contributed by atoms with Crippen LogP contribution in [0.25, 0.3) is 11.3 Å². The molecule has 1 aromatic heterocycles. The van der Waals surface area contributed by atoms with Gasteiger partial charge in [-0.1, -0.05) is 54.3 Å². The van der Waals surface area contributed by atoms with Crippen molar-refractivity contribution in [3.63, 3.8) is 0 Å². The van der Waals surface area contributed by atoms with E-state index in [2.05, 4.69) is 5.16 Å². The number of carboxylic acids is 1. The van der Waals surface area contributed by atoms with Crippen molar-refractivity contribution in [2.75, 3.05) is 10.8 Å². The van der Waals surface area contributed by atoms with Gasteiger partial charge in [0, 0.05) is 18.0 Å². The Morgan fingerprint density at radius 1 is 1.07 bits per heavy atom. The third kappa shape index (κ3) is 5.82. The number of benzene rings is 3. The zero-order chi connectivity index (χ0) is 29.2. The fraction of sp³-hybridized carbons (Fsp3) is 0.241. The first kappa shape index (κ1) is 29.5. The maximum Gasteiger partial charge on any atom is 0.335 e. The molecule has 0 fully saturated rings. The predicted octanol–water partition coefficient (Wildman–Crippen LogP) is 7.57. The Balaban J connectivity index is 1.63. The average Bonchev–Trinajstić information content (AvgIpc) is 3.32. The van der Waals surface area contributed by atoms with Crippen molar-refractivity contribution in [1.82, 2.24) is 5.16 Å². The van der Waals surface area contributed by atoms with Crippen molar-refractivity contribution >= 4 is 44.9 Å². The quantitative estimate of drug-likeness (QED) is 0.199. The summed E-state index contributed by atoms with van der Waals surface area (Å²) >= 11 is 12.9. The number of sulfonamides is 1. The van der Waals surface area contributed by atoms with Crippen LogP contribution < -0.4 is 9.04 Å². The molecule has 210 valence electrons. The molecule has 4 rings (SSSR count). The number of carboxylic acid groups (broad SMARTS) is 1. The number of rotatable bonds is 10. The number of nitrogens with zero attached hydrogens (tertiary/aromatic N) is 2. The summed E-state index contributed by atoms with van der Waals surface area (Å²) in [5, 5.41) is 14.4. The third-order valence-electron chi connectivity index (χ3n) is 6.32. The van der Waals surface area contributed by atoms with Crippen molar-refractivity contribution in [3.8, 4) is 17.0 Å². The molecule has 1 N–H and O–H groups in total. The van der Waals surface area contributed by atoms with Gasteiger partial charge in [0.25, 0.3) is 10.0 Å². The first-order valence-electron chi connectivity index (χ1n) is 12.5. The van der Waals surface area contributed by atoms with Gasteiger partial charge >= 0.3 is 5.97 Å². The van der Waals surface area contributed by atoms with Gasteiger partial charge in [0.1, 0.15) is 23.8 Å². The van der Waals surface area contributed by atoms with E-state index in [0.717, 1.165) is 6.07 Å². The highest BCUT2D eigenvalue weighted by Crippen LogP contribution is 2.39. The summed E-state index contributed by atoms with van der Waals surface area (Å²) in [4.78, 5) is 11.3. The highest BCUT2D eigenvalue weighted by molar-refractivity contribution is 7.92. The van der Waals surface area contributed by atoms with E-state index in [1.807, 2.05) is 13.8 Å². The molecule has 3 aromatic carbocycles. The van der Waals surface area contributed by atoms with Crippen LogP contribution in [0.15, 0.2) is 70.1 Å². The van der Waals surface area contributed by atoms with Crippen molar-refractivity contribution in [1.29, 1.82) is 0 Å². The van der Waals surface area contributed by atoms with Crippen molar-refractivity contribution in [3.05, 3.63) is 93.2 Å². The summed E-state index contributed by atoms with van der Waals surface area (Å²) in [6.45, 7) is 7.70. The lowest BCUT2D eigenvalue weighted by Gasteiger charge is -2.25. The zero-order valence-corrected chi connectivity index (χ0v) is 24.6. The Labute approximate surface area is 243 Å². The van der Waals surface area contributed by atoms with E-state index in [0.29, 0.717) is 49.6 Å². The lowest BCUT2D eigenvalue weighted by Crippen LogP contribution is -2.31. The average molecular weight is 604 g/mol. The molecule has 0 saturated carbocycles. The molecule has 0 spiro atoms. The molecule has 8 nitrogen and oxygen atoms in total. The Bertz CT molecular complexity index is 1650. The van der Waals surface area contributed by atoms with Crippen LogP contribution in [0.4, 0.5) is 5.69 Å². The van der Waals surface area contributed by atoms with Crippen LogP contribution >= 0.6 is 23.2 Å². The van der Waals surface area contributed by atoms with Gasteiger partial charge in [-0.3, -0.25) is 4.31 Å². The molecule has 0 aliphatic heterocycles. The Hall–Kier alpha value is -3.53. The molecule has 11 heteroatoms. The summed E-state index contributed by atoms with van der Waals surface area (Å²) in [6, 6.07) is 15.6. The number of anilines is 1. The van der Waals surface area contributed by atoms with E-state index < -0.39 is 16.0 Å². The van der Waals surface area contributed by atoms with Crippen molar-refractivity contribution in [2.45, 2.75) is 45.1 Å². The maximum atomic E-state index is 13.4. The summed E-state index contributed by atoms with van der Waals surface area (Å²) in [7, 11) is -4.02. The second kappa shape index (κ2) is 11.9. The van der Waals surface area contributed by atoms with Gasteiger partial charge < -0.3 is 14.4 Å². The Kier molecular flexibility index (Phi) is 8.77. The molecular weight excluding hydrogens is 575 g/mol. The number of ether oxygens (including phenoxy) is 1. The molecule has 1 heterocycles. The minimum atomic E-state index is -4.02. The minimum absolute atomic E-state index is 0.0215. The summed E-state index contributed by atoms with van der Waals surface area (Å²) in [6.07, 6.45) is 0. The largest absolute Gasteiger partial charge is 0.489 e. The van der Waals surface area contributed by atoms with Crippen LogP contribution in [0.2, 0.25) is 10.0 Å². The van der Waals surface area contributed by atoms with Crippen molar-refractivity contribution < 1.29 is 27.6 Å². The second-order valence-electron chi connectivity index (χ2n) is 9.37. The van der Waals surface area contributed by atoms with Crippen LogP contribution in [0.1, 0.15) is 53.9 Å². The van der Waals surface area contributed by atoms with E-state index >= 15 is 0 Å². The zero-order valence-electron chi connectivity index (χ0n) is 22.3. The summed E-state index contributed by atoms with van der Waals surface area (Å²) in [5.41, 5.74) is 2.77. The molecule has 0 radical (unpaired) electrons. The highest BCUT2D eigenvalue weighted by Gasteiger charge is 2.27. The molecule has 4 aromatic rings. The predicted molar refractivity (Wildman–Crippen MR) is 155 cm³/mol. The van der Waals surface area contributed by atoms with E-state index in [1.165, 1.54) is 22.5 Å². The van der Waals surface area contributed by atoms with Crippen LogP contribution in [0.5, 0.6) is 5.75 Å². The molecule has 0 saturated heterocycles. The summed E-state index contributed by atoms with van der Waals surface area (Å²) in [5.74, 6) is -0.0276. The lowest BCUT2D eigenvalue weighted by molar-refractivity contribution is 0.0696. The topological polar surface area (TPSA) is 110 Å². The number of carbonyl (C=O) groups is 1. The maximum absolute atomic E-state index is 13.4. The van der Waals surface area contributed by atoms with Crippen LogP contribution in [-0.4, -0.2) is 31.2 Å². The van der Waals surface area contributed by atoms with E-state index in [-0.39, 0.29) is 29.5 Å². The molecule has 40 heavy (non-hydrogen) atoms. The first-order chi connectivity index (χ1) is 18.9. The van der Waals surface area contributed by atoms with Crippen LogP contribution in [0.3, 0.4) is 0 Å². The molecular formula is C29H28Cl2N2O6S. The van der Waals surface area contributed by atoms with E-state index in [1.54, 1.807) is 50.2 Å². The first-order valence-corrected chi connectivity index (χ1v) is 14.7. The number of aromatic carboxylic acids is 1. The molecule has 0 aliphatic carbocycles. The second-order valence-corrected chi connectivity index (χ2v) is 12.0. The molecule has 0 aliphatic rings. The number of aryl methyl sites for hydroxylation is 1. The molecule has 0 atom stereocenters. The molecule has 0 bridgehead atoms. The van der Waals surface area contributed by atoms with Gasteiger partial charge in [-0.25, -0.2) is 13.2 Å². The Morgan fingerprint density at radius 2 is 1.75 bits per heavy atom. The van der Waals surface area contributed by atoms with Crippen molar-refractivity contribution in [2.24, 2.45) is 0 Å². The minimum Gasteiger partial charge on any atom is -0.489 e. The monoisotopic (exact) mass is 602 g/mol. The smallest absolute Gasteiger partial charge is 0.335 e. The molecule has 0 amide bonds. The van der Waals surface area contributed by atoms with Gasteiger partial charge in [-0.2, -0.15) is 0 Å². The van der Waals surface area contributed by atoms with Gasteiger partial charge in [0.15, 0.2) is 0 Å². The highest BCUT2D eigenvalue weighted by atomic mass is 35.5. The standard InChI is InChI=1S/C29H28Cl2N2O6S/c1-5-33(40(36,37)21-9-6-8-19(15-21)29(34)35)25-13-12-20(14-18(25)4)38-16-22-27(32-39-28(22)17(2)3)26-23(30)10-7-11-24(26)31/h6-15,17H,5,16H2,1-4H3,(H,34,35). The van der Waals surface area contributed by atoms with Gasteiger partial charge in [-0.05, 0) is 67.9 Å². The van der Waals surface area contributed by atoms with Crippen LogP contribution in [-0.2, 0) is 16.6 Å². The van der Waals surface area contributed by atoms with Gasteiger partial charge in [0.05, 0.1) is 31.8 Å². The van der Waals surface area contributed by atoms with Gasteiger partial charge in [0.2, 0.25) is 0 Å². The lowest BCUT2D eigenvalue weighted by atomic mass is 10.0. The molecule has 0 unspecified atom stereocenters. The summed E-state index contributed by atoms with van der Waals surface area (Å²) < 4.78 is 39.9. The third-order valence-corrected chi connectivity index (χ3v) is 8.83. The van der Waals surface area contributed by atoms with Crippen LogP contribution in [0, 0.1) is 6.92 Å². The number of hydrogen-bond donors (Lipinski definition) is 1. The SMILES string of the molecule is CCN(c1ccc(OCc2c(-c3c(Cl)cccc3Cl)noc2C(C)C)cc1C)S(=O)(=O)c1cccc(C(=O)O)c1. The normalized spacial score (nSPS) is 11.6. The number of aromatic nitrogens is 1. The number of halogens is 2. The fourth-order valence-electron chi connectivity index (χ4n) is 4.38. The van der Waals surface area contributed by atoms with E-state index in [4.69, 9.17) is 32.5 Å². The van der Waals surface area contributed by atoms with E-state index in [9.17, 15) is 18.3 Å². The van der Waals surface area contributed by atoms with Gasteiger partial charge in [-0.15, -0.1) is 0 Å². The Morgan fingerprint density at radius 3 is 2.35 bits per heavy atom.